The van der Waals surface area contributed by atoms with Crippen molar-refractivity contribution in [1.29, 1.82) is 5.26 Å². The van der Waals surface area contributed by atoms with E-state index in [1.54, 1.807) is 24.8 Å². The number of benzene rings is 1. The number of hydrogen-bond donors (Lipinski definition) is 2. The molecule has 2 aliphatic heterocycles. The minimum Gasteiger partial charge on any atom is -0.338 e. The second-order valence-electron chi connectivity index (χ2n) is 10.3. The molecule has 1 aromatic carbocycles. The number of aryl methyl sites for hydroxylation is 1. The third kappa shape index (κ3) is 5.53. The summed E-state index contributed by atoms with van der Waals surface area (Å²) in [6, 6.07) is 4.50. The number of hydrogen-bond acceptors (Lipinski definition) is 9. The normalized spacial score (nSPS) is 18.0. The Morgan fingerprint density at radius 2 is 2.02 bits per heavy atom. The van der Waals surface area contributed by atoms with Gasteiger partial charge in [-0.1, -0.05) is 0 Å². The van der Waals surface area contributed by atoms with E-state index < -0.39 is 29.7 Å². The summed E-state index contributed by atoms with van der Waals surface area (Å²) in [5.41, 5.74) is 5.59. The summed E-state index contributed by atoms with van der Waals surface area (Å²) in [6.07, 6.45) is 3.12. The van der Waals surface area contributed by atoms with Gasteiger partial charge >= 0.3 is 6.03 Å². The lowest BCUT2D eigenvalue weighted by Gasteiger charge is -2.32. The molecule has 0 radical (unpaired) electrons. The Labute approximate surface area is 242 Å². The van der Waals surface area contributed by atoms with Crippen molar-refractivity contribution in [3.8, 4) is 17.5 Å². The van der Waals surface area contributed by atoms with Crippen LogP contribution in [0.1, 0.15) is 47.8 Å². The highest BCUT2D eigenvalue weighted by molar-refractivity contribution is 5.87. The van der Waals surface area contributed by atoms with Gasteiger partial charge in [0.15, 0.2) is 5.82 Å². The molecule has 2 N–H and O–H groups in total. The number of carbonyl (C=O) groups is 1. The Hall–Kier alpha value is -4.48. The summed E-state index contributed by atoms with van der Waals surface area (Å²) in [6.45, 7) is 7.11. The van der Waals surface area contributed by atoms with Gasteiger partial charge in [0.2, 0.25) is 5.95 Å². The Morgan fingerprint density at radius 3 is 2.74 bits per heavy atom. The molecule has 3 aromatic rings. The maximum absolute atomic E-state index is 15.1. The highest BCUT2D eigenvalue weighted by Gasteiger charge is 2.36. The SMILES string of the molecule is C/N=C\N(C(=O)N1NCC[C@H]1c1cc(F)cc(C#N)c1)C(C)c1nn(C)c(-c2nc(N3CCNCC3)ncc2F)c1C. The molecule has 0 saturated carbocycles. The lowest BCUT2D eigenvalue weighted by molar-refractivity contribution is 0.140. The van der Waals surface area contributed by atoms with E-state index >= 15 is 4.39 Å². The lowest BCUT2D eigenvalue weighted by atomic mass is 10.0. The third-order valence-corrected chi connectivity index (χ3v) is 7.60. The molecule has 12 nitrogen and oxygen atoms in total. The van der Waals surface area contributed by atoms with Crippen molar-refractivity contribution < 1.29 is 13.6 Å². The predicted octanol–water partition coefficient (Wildman–Crippen LogP) is 2.84. The van der Waals surface area contributed by atoms with E-state index in [-0.39, 0.29) is 11.3 Å². The monoisotopic (exact) mass is 577 g/mol. The maximum atomic E-state index is 15.1. The van der Waals surface area contributed by atoms with Gasteiger partial charge < -0.3 is 10.2 Å². The molecule has 2 amide bonds. The Balaban J connectivity index is 1.46. The van der Waals surface area contributed by atoms with Crippen LogP contribution in [0.5, 0.6) is 0 Å². The number of urea groups is 1. The van der Waals surface area contributed by atoms with Crippen LogP contribution in [-0.4, -0.2) is 81.8 Å². The summed E-state index contributed by atoms with van der Waals surface area (Å²) in [7, 11) is 3.26. The number of nitriles is 1. The number of aromatic nitrogens is 4. The zero-order valence-electron chi connectivity index (χ0n) is 24.0. The van der Waals surface area contributed by atoms with Crippen LogP contribution in [0.25, 0.3) is 11.4 Å². The van der Waals surface area contributed by atoms with Crippen LogP contribution in [0, 0.1) is 29.9 Å². The van der Waals surface area contributed by atoms with E-state index in [2.05, 4.69) is 30.8 Å². The van der Waals surface area contributed by atoms with Crippen molar-refractivity contribution in [2.75, 3.05) is 44.7 Å². The van der Waals surface area contributed by atoms with Crippen molar-refractivity contribution >= 4 is 18.3 Å². The Kier molecular flexibility index (Phi) is 8.41. The topological polar surface area (TPSA) is 131 Å². The van der Waals surface area contributed by atoms with Gasteiger partial charge in [0.1, 0.15) is 11.5 Å². The van der Waals surface area contributed by atoms with E-state index in [0.29, 0.717) is 54.5 Å². The van der Waals surface area contributed by atoms with E-state index in [4.69, 9.17) is 0 Å². The Morgan fingerprint density at radius 1 is 1.26 bits per heavy atom. The van der Waals surface area contributed by atoms with Crippen LogP contribution in [0.15, 0.2) is 29.4 Å². The van der Waals surface area contributed by atoms with Gasteiger partial charge in [-0.25, -0.2) is 29.0 Å². The summed E-state index contributed by atoms with van der Waals surface area (Å²) in [4.78, 5) is 30.3. The van der Waals surface area contributed by atoms with Crippen molar-refractivity contribution in [2.24, 2.45) is 12.0 Å². The number of amides is 2. The molecule has 220 valence electrons. The fraction of sp³-hybridized carbons (Fsp3) is 0.429. The standard InChI is InChI=1S/C28H33F2N11O/c1-17-24(37-38(4)26(17)25-22(30)15-34-27(36-25)39-9-7-33-8-10-39)18(2)40(16-32-3)28(42)41-23(5-6-35-41)20-11-19(14-31)12-21(29)13-20/h11-13,15-16,18,23,33,35H,5-10H2,1-4H3/b32-16-/t18?,23-/m0/s1. The molecule has 2 aromatic heterocycles. The molecular formula is C28H33F2N11O. The van der Waals surface area contributed by atoms with Crippen LogP contribution >= 0.6 is 0 Å². The predicted molar refractivity (Wildman–Crippen MR) is 152 cm³/mol. The first-order valence-corrected chi connectivity index (χ1v) is 13.7. The number of nitrogens with zero attached hydrogens (tertiary/aromatic N) is 9. The highest BCUT2D eigenvalue weighted by Crippen LogP contribution is 2.34. The average molecular weight is 578 g/mol. The average Bonchev–Trinajstić information content (AvgIpc) is 3.60. The number of halogens is 2. The summed E-state index contributed by atoms with van der Waals surface area (Å²) in [5, 5.41) is 18.7. The van der Waals surface area contributed by atoms with Crippen LogP contribution in [0.4, 0.5) is 19.5 Å². The van der Waals surface area contributed by atoms with Gasteiger partial charge in [0.25, 0.3) is 0 Å². The third-order valence-electron chi connectivity index (χ3n) is 7.60. The van der Waals surface area contributed by atoms with Crippen molar-refractivity contribution in [1.82, 2.24) is 40.4 Å². The van der Waals surface area contributed by atoms with Gasteiger partial charge in [-0.15, -0.1) is 0 Å². The molecule has 2 aliphatic rings. The molecule has 5 rings (SSSR count). The number of rotatable bonds is 6. The first kappa shape index (κ1) is 29.0. The fourth-order valence-corrected chi connectivity index (χ4v) is 5.56. The molecule has 2 saturated heterocycles. The van der Waals surface area contributed by atoms with Crippen LogP contribution in [0.3, 0.4) is 0 Å². The fourth-order valence-electron chi connectivity index (χ4n) is 5.56. The van der Waals surface area contributed by atoms with Gasteiger partial charge in [-0.2, -0.15) is 10.4 Å². The largest absolute Gasteiger partial charge is 0.340 e. The number of hydrazine groups is 1. The lowest BCUT2D eigenvalue weighted by Crippen LogP contribution is -2.48. The van der Waals surface area contributed by atoms with E-state index in [9.17, 15) is 14.4 Å². The zero-order chi connectivity index (χ0) is 30.0. The van der Waals surface area contributed by atoms with Gasteiger partial charge in [-0.3, -0.25) is 19.6 Å². The molecule has 4 heterocycles. The van der Waals surface area contributed by atoms with Gasteiger partial charge in [-0.05, 0) is 44.0 Å². The van der Waals surface area contributed by atoms with Crippen LogP contribution < -0.4 is 15.6 Å². The van der Waals surface area contributed by atoms with Crippen LogP contribution in [0.2, 0.25) is 0 Å². The van der Waals surface area contributed by atoms with Crippen LogP contribution in [-0.2, 0) is 7.05 Å². The van der Waals surface area contributed by atoms with Gasteiger partial charge in [0.05, 0.1) is 47.6 Å². The van der Waals surface area contributed by atoms with Crippen molar-refractivity contribution in [3.63, 3.8) is 0 Å². The van der Waals surface area contributed by atoms with Gasteiger partial charge in [0, 0.05) is 52.4 Å². The van der Waals surface area contributed by atoms with E-state index in [1.165, 1.54) is 28.5 Å². The zero-order valence-corrected chi connectivity index (χ0v) is 24.0. The summed E-state index contributed by atoms with van der Waals surface area (Å²) >= 11 is 0. The number of nitrogens with one attached hydrogen (secondary N) is 2. The smallest absolute Gasteiger partial charge is 0.338 e. The molecule has 0 spiro atoms. The second kappa shape index (κ2) is 12.2. The number of piperazine rings is 1. The van der Waals surface area contributed by atoms with E-state index in [0.717, 1.165) is 19.2 Å². The molecule has 42 heavy (non-hydrogen) atoms. The first-order chi connectivity index (χ1) is 20.2. The molecule has 0 bridgehead atoms. The molecule has 14 heteroatoms. The molecule has 2 fully saturated rings. The molecular weight excluding hydrogens is 544 g/mol. The van der Waals surface area contributed by atoms with Crippen molar-refractivity contribution in [2.45, 2.75) is 32.4 Å². The number of carbonyl (C=O) groups excluding carboxylic acids is 1. The minimum atomic E-state index is -0.607. The molecule has 2 atom stereocenters. The first-order valence-electron chi connectivity index (χ1n) is 13.7. The second-order valence-corrected chi connectivity index (χ2v) is 10.3. The molecule has 0 aliphatic carbocycles. The number of aliphatic imine (C=N–C) groups is 1. The summed E-state index contributed by atoms with van der Waals surface area (Å²) in [5.74, 6) is -0.670. The number of anilines is 1. The minimum absolute atomic E-state index is 0.132. The Bertz CT molecular complexity index is 1540. The molecule has 1 unspecified atom stereocenters. The van der Waals surface area contributed by atoms with E-state index in [1.807, 2.05) is 24.8 Å². The highest BCUT2D eigenvalue weighted by atomic mass is 19.1. The maximum Gasteiger partial charge on any atom is 0.340 e. The summed E-state index contributed by atoms with van der Waals surface area (Å²) < 4.78 is 31.0. The quantitative estimate of drug-likeness (QED) is 0.338. The van der Waals surface area contributed by atoms with Crippen molar-refractivity contribution in [3.05, 3.63) is 58.4 Å².